The van der Waals surface area contributed by atoms with Crippen molar-refractivity contribution in [2.75, 3.05) is 55.6 Å². The number of hydrogen-bond acceptors (Lipinski definition) is 10. The van der Waals surface area contributed by atoms with Crippen LogP contribution >= 0.6 is 0 Å². The molecule has 1 saturated carbocycles. The summed E-state index contributed by atoms with van der Waals surface area (Å²) in [4.78, 5) is 71.4. The summed E-state index contributed by atoms with van der Waals surface area (Å²) in [6.45, 7) is 3.10. The van der Waals surface area contributed by atoms with Gasteiger partial charge >= 0.3 is 12.1 Å². The van der Waals surface area contributed by atoms with Gasteiger partial charge in [0.2, 0.25) is 17.2 Å². The number of carboxylic acid groups (broad SMARTS) is 1. The van der Waals surface area contributed by atoms with Crippen LogP contribution in [0.5, 0.6) is 0 Å². The molecule has 1 aromatic carbocycles. The first-order valence-corrected chi connectivity index (χ1v) is 16.9. The molecule has 51 heavy (non-hydrogen) atoms. The summed E-state index contributed by atoms with van der Waals surface area (Å²) >= 11 is 0. The van der Waals surface area contributed by atoms with E-state index in [1.165, 1.54) is 24.1 Å². The van der Waals surface area contributed by atoms with Crippen molar-refractivity contribution in [1.82, 2.24) is 25.1 Å². The summed E-state index contributed by atoms with van der Waals surface area (Å²) in [6.07, 6.45) is 1.85. The zero-order valence-corrected chi connectivity index (χ0v) is 27.8. The number of carboxylic acids is 1. The first-order chi connectivity index (χ1) is 24.4. The Bertz CT molecular complexity index is 1980. The van der Waals surface area contributed by atoms with E-state index >= 15 is 8.78 Å². The van der Waals surface area contributed by atoms with Gasteiger partial charge in [-0.25, -0.2) is 23.4 Å². The van der Waals surface area contributed by atoms with Crippen LogP contribution in [0.15, 0.2) is 35.3 Å². The third kappa shape index (κ3) is 6.58. The lowest BCUT2D eigenvalue weighted by Crippen LogP contribution is -2.52. The SMILES string of the molecule is CC(=O)NC[C@H]1CN(c2ccc(N3CCN(C(=O)[C@@H]4CC(c5nc6c(cc5F)c(=O)c(C(=O)O)cn6C5CC5)N[C@H]4CN)CC3)c(F)c2)C(=O)O1. The molecule has 4 aliphatic rings. The van der Waals surface area contributed by atoms with Gasteiger partial charge in [-0.05, 0) is 43.5 Å². The number of nitrogens with one attached hydrogen (secondary N) is 2. The van der Waals surface area contributed by atoms with Crippen LogP contribution in [0.4, 0.5) is 25.0 Å². The Balaban J connectivity index is 1.02. The number of aromatic carboxylic acids is 1. The number of nitrogens with two attached hydrogens (primary N) is 1. The van der Waals surface area contributed by atoms with E-state index in [0.29, 0.717) is 37.6 Å². The molecule has 1 unspecified atom stereocenters. The lowest BCUT2D eigenvalue weighted by atomic mass is 9.95. The normalized spacial score (nSPS) is 23.5. The van der Waals surface area contributed by atoms with Crippen molar-refractivity contribution in [1.29, 1.82) is 0 Å². The van der Waals surface area contributed by atoms with E-state index in [0.717, 1.165) is 18.9 Å². The molecule has 3 aromatic rings. The maximum atomic E-state index is 15.6. The molecule has 0 bridgehead atoms. The van der Waals surface area contributed by atoms with Crippen molar-refractivity contribution in [3.05, 3.63) is 63.6 Å². The molecule has 5 heterocycles. The third-order valence-electron chi connectivity index (χ3n) is 10.1. The number of amides is 3. The lowest BCUT2D eigenvalue weighted by molar-refractivity contribution is -0.136. The number of nitrogens with zero attached hydrogens (tertiary/aromatic N) is 5. The Kier molecular flexibility index (Phi) is 9.09. The highest BCUT2D eigenvalue weighted by Crippen LogP contribution is 2.38. The van der Waals surface area contributed by atoms with Gasteiger partial charge in [-0.1, -0.05) is 0 Å². The number of rotatable bonds is 9. The van der Waals surface area contributed by atoms with Crippen LogP contribution in [0.25, 0.3) is 11.0 Å². The van der Waals surface area contributed by atoms with Gasteiger partial charge in [0, 0.05) is 57.9 Å². The van der Waals surface area contributed by atoms with Gasteiger partial charge < -0.3 is 40.6 Å². The summed E-state index contributed by atoms with van der Waals surface area (Å²) in [5, 5.41) is 15.3. The van der Waals surface area contributed by atoms with Crippen molar-refractivity contribution in [2.45, 2.75) is 50.4 Å². The number of hydrogen-bond donors (Lipinski definition) is 4. The van der Waals surface area contributed by atoms with E-state index in [-0.39, 0.29) is 60.6 Å². The molecular weight excluding hydrogens is 670 g/mol. The number of carbonyl (C=O) groups is 4. The van der Waals surface area contributed by atoms with Crippen LogP contribution in [0.1, 0.15) is 54.3 Å². The maximum Gasteiger partial charge on any atom is 0.414 e. The Hall–Kier alpha value is -5.16. The lowest BCUT2D eigenvalue weighted by Gasteiger charge is -2.38. The molecule has 7 rings (SSSR count). The van der Waals surface area contributed by atoms with Crippen LogP contribution < -0.4 is 31.6 Å². The zero-order chi connectivity index (χ0) is 36.1. The van der Waals surface area contributed by atoms with Crippen molar-refractivity contribution < 1.29 is 37.8 Å². The predicted molar refractivity (Wildman–Crippen MR) is 180 cm³/mol. The van der Waals surface area contributed by atoms with Crippen molar-refractivity contribution in [3.8, 4) is 0 Å². The molecule has 4 fully saturated rings. The molecule has 0 spiro atoms. The molecule has 270 valence electrons. The minimum Gasteiger partial charge on any atom is -0.477 e. The molecule has 5 N–H and O–H groups in total. The molecule has 15 nitrogen and oxygen atoms in total. The fourth-order valence-electron chi connectivity index (χ4n) is 7.26. The molecular formula is C34H38F2N8O7. The van der Waals surface area contributed by atoms with Crippen LogP contribution in [0.2, 0.25) is 0 Å². The number of carbonyl (C=O) groups excluding carboxylic acids is 3. The van der Waals surface area contributed by atoms with Gasteiger partial charge in [-0.3, -0.25) is 19.3 Å². The second-order valence-corrected chi connectivity index (χ2v) is 13.4. The van der Waals surface area contributed by atoms with E-state index in [1.807, 2.05) is 4.90 Å². The molecule has 2 aromatic heterocycles. The number of benzene rings is 1. The van der Waals surface area contributed by atoms with E-state index in [4.69, 9.17) is 10.5 Å². The number of piperazine rings is 1. The highest BCUT2D eigenvalue weighted by Gasteiger charge is 2.42. The Morgan fingerprint density at radius 2 is 1.84 bits per heavy atom. The average molecular weight is 709 g/mol. The Morgan fingerprint density at radius 1 is 1.10 bits per heavy atom. The first-order valence-electron chi connectivity index (χ1n) is 16.9. The van der Waals surface area contributed by atoms with E-state index in [9.17, 15) is 29.1 Å². The molecule has 4 atom stereocenters. The monoisotopic (exact) mass is 708 g/mol. The summed E-state index contributed by atoms with van der Waals surface area (Å²) in [6, 6.07) is 4.32. The van der Waals surface area contributed by atoms with Crippen LogP contribution in [-0.2, 0) is 14.3 Å². The van der Waals surface area contributed by atoms with Crippen molar-refractivity contribution in [3.63, 3.8) is 0 Å². The second kappa shape index (κ2) is 13.5. The summed E-state index contributed by atoms with van der Waals surface area (Å²) in [7, 11) is 0. The molecule has 3 saturated heterocycles. The van der Waals surface area contributed by atoms with E-state index in [1.54, 1.807) is 21.6 Å². The van der Waals surface area contributed by atoms with Crippen LogP contribution in [-0.4, -0.2) is 101 Å². The van der Waals surface area contributed by atoms with Gasteiger partial charge in [0.1, 0.15) is 28.9 Å². The molecule has 3 amide bonds. The number of aromatic nitrogens is 2. The fraction of sp³-hybridized carbons (Fsp3) is 0.471. The van der Waals surface area contributed by atoms with Gasteiger partial charge in [-0.2, -0.15) is 0 Å². The number of fused-ring (bicyclic) bond motifs is 1. The smallest absolute Gasteiger partial charge is 0.414 e. The van der Waals surface area contributed by atoms with E-state index < -0.39 is 58.8 Å². The highest BCUT2D eigenvalue weighted by molar-refractivity contribution is 5.92. The van der Waals surface area contributed by atoms with Crippen LogP contribution in [0.3, 0.4) is 0 Å². The standard InChI is InChI=1S/C34H38F2N8O7/c1-17(45)38-14-20-15-44(34(50)51-20)19-4-5-28(24(35)10-19)41-6-8-42(9-7-41)32(47)21-12-26(39-27(21)13-37)29-25(36)11-22-30(46)23(33(48)49)16-43(18-2-3-18)31(22)40-29/h4-5,10-11,16,18,20-21,26-27,39H,2-3,6-9,12-15,37H2,1H3,(H,38,45)(H,48,49)/t20-,21+,26?,27-/m0/s1. The average Bonchev–Trinajstić information content (AvgIpc) is 3.75. The molecule has 1 aliphatic carbocycles. The van der Waals surface area contributed by atoms with E-state index in [2.05, 4.69) is 15.6 Å². The second-order valence-electron chi connectivity index (χ2n) is 13.4. The fourth-order valence-corrected chi connectivity index (χ4v) is 7.26. The zero-order valence-electron chi connectivity index (χ0n) is 27.8. The number of halogens is 2. The summed E-state index contributed by atoms with van der Waals surface area (Å²) in [5.41, 5.74) is 5.70. The van der Waals surface area contributed by atoms with Gasteiger partial charge in [0.15, 0.2) is 0 Å². The molecule has 3 aliphatic heterocycles. The number of pyridine rings is 2. The predicted octanol–water partition coefficient (Wildman–Crippen LogP) is 1.50. The number of cyclic esters (lactones) is 1. The largest absolute Gasteiger partial charge is 0.477 e. The number of ether oxygens (including phenoxy) is 1. The summed E-state index contributed by atoms with van der Waals surface area (Å²) in [5.74, 6) is -3.71. The van der Waals surface area contributed by atoms with Gasteiger partial charge in [0.25, 0.3) is 0 Å². The summed E-state index contributed by atoms with van der Waals surface area (Å²) < 4.78 is 37.9. The van der Waals surface area contributed by atoms with Crippen molar-refractivity contribution >= 4 is 46.3 Å². The third-order valence-corrected chi connectivity index (χ3v) is 10.1. The molecule has 0 radical (unpaired) electrons. The highest BCUT2D eigenvalue weighted by atomic mass is 19.1. The number of anilines is 2. The quantitative estimate of drug-likeness (QED) is 0.252. The Labute approximate surface area is 290 Å². The van der Waals surface area contributed by atoms with Crippen LogP contribution in [0, 0.1) is 17.6 Å². The topological polar surface area (TPSA) is 192 Å². The minimum absolute atomic E-state index is 0.0299. The molecule has 17 heteroatoms. The Morgan fingerprint density at radius 3 is 2.49 bits per heavy atom. The minimum atomic E-state index is -1.39. The van der Waals surface area contributed by atoms with Crippen molar-refractivity contribution in [2.24, 2.45) is 11.7 Å². The maximum absolute atomic E-state index is 15.6. The first kappa shape index (κ1) is 34.3. The van der Waals surface area contributed by atoms with Gasteiger partial charge in [0.05, 0.1) is 47.5 Å². The van der Waals surface area contributed by atoms with Gasteiger partial charge in [-0.15, -0.1) is 0 Å².